The third-order valence-electron chi connectivity index (χ3n) is 2.66. The highest BCUT2D eigenvalue weighted by molar-refractivity contribution is 5.80. The molecular formula is C12H14N2. The topological polar surface area (TPSA) is 25.8 Å². The highest BCUT2D eigenvalue weighted by Gasteiger charge is 2.04. The molecule has 1 unspecified atom stereocenters. The highest BCUT2D eigenvalue weighted by atomic mass is 14.7. The SMILES string of the molecule is CCC(C)c1cc2ccncc2cn1. The molecule has 0 bridgehead atoms. The molecule has 0 spiro atoms. The van der Waals surface area contributed by atoms with Gasteiger partial charge >= 0.3 is 0 Å². The molecule has 0 N–H and O–H groups in total. The first kappa shape index (κ1) is 9.13. The van der Waals surface area contributed by atoms with Crippen LogP contribution in [-0.2, 0) is 0 Å². The molecule has 0 fully saturated rings. The van der Waals surface area contributed by atoms with Gasteiger partial charge in [0.05, 0.1) is 0 Å². The van der Waals surface area contributed by atoms with Crippen molar-refractivity contribution in [3.8, 4) is 0 Å². The molecule has 0 aliphatic rings. The second-order valence-corrected chi connectivity index (χ2v) is 3.64. The van der Waals surface area contributed by atoms with E-state index < -0.39 is 0 Å². The average molecular weight is 186 g/mol. The van der Waals surface area contributed by atoms with Crippen LogP contribution in [0, 0.1) is 0 Å². The fourth-order valence-electron chi connectivity index (χ4n) is 1.48. The van der Waals surface area contributed by atoms with Crippen molar-refractivity contribution in [3.63, 3.8) is 0 Å². The van der Waals surface area contributed by atoms with Crippen molar-refractivity contribution >= 4 is 10.8 Å². The van der Waals surface area contributed by atoms with Crippen molar-refractivity contribution in [1.29, 1.82) is 0 Å². The normalized spacial score (nSPS) is 13.0. The van der Waals surface area contributed by atoms with Crippen LogP contribution in [0.25, 0.3) is 10.8 Å². The Balaban J connectivity index is 2.51. The van der Waals surface area contributed by atoms with Crippen LogP contribution in [0.1, 0.15) is 31.9 Å². The first-order chi connectivity index (χ1) is 6.81. The molecule has 1 atom stereocenters. The maximum atomic E-state index is 4.44. The molecule has 0 aliphatic carbocycles. The molecule has 2 rings (SSSR count). The van der Waals surface area contributed by atoms with E-state index in [0.717, 1.165) is 11.8 Å². The maximum absolute atomic E-state index is 4.44. The summed E-state index contributed by atoms with van der Waals surface area (Å²) in [6.45, 7) is 4.39. The first-order valence-corrected chi connectivity index (χ1v) is 5.01. The molecule has 0 aromatic carbocycles. The second kappa shape index (κ2) is 3.74. The van der Waals surface area contributed by atoms with Gasteiger partial charge in [-0.2, -0.15) is 0 Å². The van der Waals surface area contributed by atoms with E-state index in [1.165, 1.54) is 11.1 Å². The van der Waals surface area contributed by atoms with Crippen LogP contribution >= 0.6 is 0 Å². The van der Waals surface area contributed by atoms with Crippen molar-refractivity contribution in [2.75, 3.05) is 0 Å². The Hall–Kier alpha value is -1.44. The minimum atomic E-state index is 0.535. The van der Waals surface area contributed by atoms with Crippen LogP contribution in [0.4, 0.5) is 0 Å². The largest absolute Gasteiger partial charge is 0.264 e. The van der Waals surface area contributed by atoms with Crippen molar-refractivity contribution in [3.05, 3.63) is 36.4 Å². The van der Waals surface area contributed by atoms with Crippen molar-refractivity contribution in [2.45, 2.75) is 26.2 Å². The lowest BCUT2D eigenvalue weighted by atomic mass is 10.0. The van der Waals surface area contributed by atoms with Crippen LogP contribution in [0.3, 0.4) is 0 Å². The van der Waals surface area contributed by atoms with Gasteiger partial charge in [-0.15, -0.1) is 0 Å². The van der Waals surface area contributed by atoms with Gasteiger partial charge in [0.25, 0.3) is 0 Å². The molecule has 2 nitrogen and oxygen atoms in total. The predicted molar refractivity (Wildman–Crippen MR) is 58.2 cm³/mol. The lowest BCUT2D eigenvalue weighted by Gasteiger charge is -2.08. The number of nitrogens with zero attached hydrogens (tertiary/aromatic N) is 2. The fourth-order valence-corrected chi connectivity index (χ4v) is 1.48. The van der Waals surface area contributed by atoms with Gasteiger partial charge in [0, 0.05) is 29.7 Å². The number of fused-ring (bicyclic) bond motifs is 1. The van der Waals surface area contributed by atoms with E-state index in [4.69, 9.17) is 0 Å². The molecule has 2 aromatic rings. The summed E-state index contributed by atoms with van der Waals surface area (Å²) in [5.41, 5.74) is 1.17. The standard InChI is InChI=1S/C12H14N2/c1-3-9(2)12-6-10-4-5-13-7-11(10)8-14-12/h4-9H,3H2,1-2H3. The number of pyridine rings is 2. The Morgan fingerprint density at radius 3 is 2.93 bits per heavy atom. The third kappa shape index (κ3) is 1.60. The maximum Gasteiger partial charge on any atom is 0.0438 e. The molecule has 0 aliphatic heterocycles. The Morgan fingerprint density at radius 1 is 1.29 bits per heavy atom. The molecule has 2 heterocycles. The molecule has 2 heteroatoms. The van der Waals surface area contributed by atoms with Crippen molar-refractivity contribution in [1.82, 2.24) is 9.97 Å². The van der Waals surface area contributed by atoms with Gasteiger partial charge in [-0.1, -0.05) is 13.8 Å². The summed E-state index contributed by atoms with van der Waals surface area (Å²) in [6, 6.07) is 4.19. The second-order valence-electron chi connectivity index (χ2n) is 3.64. The summed E-state index contributed by atoms with van der Waals surface area (Å²) in [5.74, 6) is 0.535. The van der Waals surface area contributed by atoms with E-state index in [1.54, 1.807) is 0 Å². The van der Waals surface area contributed by atoms with Crippen LogP contribution < -0.4 is 0 Å². The monoisotopic (exact) mass is 186 g/mol. The van der Waals surface area contributed by atoms with Gasteiger partial charge in [-0.25, -0.2) is 0 Å². The van der Waals surface area contributed by atoms with Gasteiger partial charge in [-0.3, -0.25) is 9.97 Å². The molecule has 0 amide bonds. The Kier molecular flexibility index (Phi) is 2.44. The smallest absolute Gasteiger partial charge is 0.0438 e. The summed E-state index contributed by atoms with van der Waals surface area (Å²) in [6.07, 6.45) is 6.71. The van der Waals surface area contributed by atoms with E-state index in [9.17, 15) is 0 Å². The molecule has 0 radical (unpaired) electrons. The van der Waals surface area contributed by atoms with Gasteiger partial charge in [0.15, 0.2) is 0 Å². The average Bonchev–Trinajstić information content (AvgIpc) is 2.27. The van der Waals surface area contributed by atoms with E-state index in [2.05, 4.69) is 29.9 Å². The van der Waals surface area contributed by atoms with E-state index in [0.29, 0.717) is 5.92 Å². The molecule has 14 heavy (non-hydrogen) atoms. The Morgan fingerprint density at radius 2 is 2.14 bits per heavy atom. The minimum Gasteiger partial charge on any atom is -0.264 e. The quantitative estimate of drug-likeness (QED) is 0.720. The van der Waals surface area contributed by atoms with Crippen molar-refractivity contribution < 1.29 is 0 Å². The zero-order valence-electron chi connectivity index (χ0n) is 8.57. The summed E-state index contributed by atoms with van der Waals surface area (Å²) in [5, 5.41) is 2.34. The molecule has 0 saturated carbocycles. The Labute approximate surface area is 84.0 Å². The zero-order valence-corrected chi connectivity index (χ0v) is 8.57. The van der Waals surface area contributed by atoms with Gasteiger partial charge in [-0.05, 0) is 29.9 Å². The highest BCUT2D eigenvalue weighted by Crippen LogP contribution is 2.20. The summed E-state index contributed by atoms with van der Waals surface area (Å²) < 4.78 is 0. The van der Waals surface area contributed by atoms with Crippen LogP contribution in [0.15, 0.2) is 30.7 Å². The number of hydrogen-bond acceptors (Lipinski definition) is 2. The summed E-state index contributed by atoms with van der Waals surface area (Å²) in [7, 11) is 0. The van der Waals surface area contributed by atoms with E-state index in [-0.39, 0.29) is 0 Å². The number of aromatic nitrogens is 2. The first-order valence-electron chi connectivity index (χ1n) is 5.01. The predicted octanol–water partition coefficient (Wildman–Crippen LogP) is 3.14. The number of hydrogen-bond donors (Lipinski definition) is 0. The van der Waals surface area contributed by atoms with Crippen LogP contribution in [-0.4, -0.2) is 9.97 Å². The Bertz CT molecular complexity index is 437. The molecule has 2 aromatic heterocycles. The van der Waals surface area contributed by atoms with Crippen molar-refractivity contribution in [2.24, 2.45) is 0 Å². The fraction of sp³-hybridized carbons (Fsp3) is 0.333. The third-order valence-corrected chi connectivity index (χ3v) is 2.66. The van der Waals surface area contributed by atoms with Gasteiger partial charge in [0.2, 0.25) is 0 Å². The molecule has 72 valence electrons. The van der Waals surface area contributed by atoms with E-state index >= 15 is 0 Å². The molecule has 0 saturated heterocycles. The van der Waals surface area contributed by atoms with Crippen LogP contribution in [0.2, 0.25) is 0 Å². The van der Waals surface area contributed by atoms with Gasteiger partial charge < -0.3 is 0 Å². The van der Waals surface area contributed by atoms with Crippen LogP contribution in [0.5, 0.6) is 0 Å². The summed E-state index contributed by atoms with van der Waals surface area (Å²) in [4.78, 5) is 8.51. The molecular weight excluding hydrogens is 172 g/mol. The lowest BCUT2D eigenvalue weighted by Crippen LogP contribution is -1.94. The summed E-state index contributed by atoms with van der Waals surface area (Å²) >= 11 is 0. The zero-order chi connectivity index (χ0) is 9.97. The van der Waals surface area contributed by atoms with E-state index in [1.807, 2.05) is 24.7 Å². The lowest BCUT2D eigenvalue weighted by molar-refractivity contribution is 0.710. The van der Waals surface area contributed by atoms with Gasteiger partial charge in [0.1, 0.15) is 0 Å². The number of rotatable bonds is 2. The minimum absolute atomic E-state index is 0.535.